The van der Waals surface area contributed by atoms with E-state index in [1.807, 2.05) is 6.07 Å². The minimum Gasteiger partial charge on any atom is -0.496 e. The Morgan fingerprint density at radius 2 is 2.07 bits per heavy atom. The number of benzene rings is 1. The third-order valence-corrected chi connectivity index (χ3v) is 2.72. The van der Waals surface area contributed by atoms with Crippen LogP contribution in [-0.4, -0.2) is 17.1 Å². The van der Waals surface area contributed by atoms with Crippen molar-refractivity contribution in [2.24, 2.45) is 0 Å². The maximum atomic E-state index is 9.67. The number of hydrogen-bond donors (Lipinski definition) is 1. The average Bonchev–Trinajstić information content (AvgIpc) is 2.16. The maximum Gasteiger partial charge on any atom is 0.137 e. The van der Waals surface area contributed by atoms with E-state index in [-0.39, 0.29) is 0 Å². The zero-order chi connectivity index (χ0) is 10.7. The molecular formula is C9H9BrCl2O2. The van der Waals surface area contributed by atoms with E-state index in [9.17, 15) is 5.11 Å². The maximum absolute atomic E-state index is 9.67. The van der Waals surface area contributed by atoms with E-state index in [1.165, 1.54) is 7.11 Å². The van der Waals surface area contributed by atoms with Crippen LogP contribution >= 0.6 is 39.1 Å². The summed E-state index contributed by atoms with van der Waals surface area (Å²) in [5.41, 5.74) is 0.567. The molecule has 0 aromatic heterocycles. The number of aliphatic hydroxyl groups is 1. The second-order valence-corrected chi connectivity index (χ2v) is 4.75. The molecule has 0 radical (unpaired) electrons. The second kappa shape index (κ2) is 5.21. The molecule has 0 saturated carbocycles. The third-order valence-electron chi connectivity index (χ3n) is 1.75. The van der Waals surface area contributed by atoms with E-state index < -0.39 is 10.9 Å². The fourth-order valence-electron chi connectivity index (χ4n) is 1.07. The van der Waals surface area contributed by atoms with Gasteiger partial charge in [-0.1, -0.05) is 15.9 Å². The highest BCUT2D eigenvalue weighted by molar-refractivity contribution is 9.10. The molecule has 1 aromatic carbocycles. The molecular weight excluding hydrogens is 291 g/mol. The van der Waals surface area contributed by atoms with E-state index in [0.717, 1.165) is 4.47 Å². The van der Waals surface area contributed by atoms with E-state index in [4.69, 9.17) is 27.9 Å². The summed E-state index contributed by atoms with van der Waals surface area (Å²) in [7, 11) is 1.52. The lowest BCUT2D eigenvalue weighted by Crippen LogP contribution is -2.07. The summed E-state index contributed by atoms with van der Waals surface area (Å²) in [6.45, 7) is 0. The van der Waals surface area contributed by atoms with Gasteiger partial charge in [0.15, 0.2) is 0 Å². The Kier molecular flexibility index (Phi) is 4.51. The van der Waals surface area contributed by atoms with Crippen molar-refractivity contribution >= 4 is 39.1 Å². The van der Waals surface area contributed by atoms with Gasteiger partial charge in [0.25, 0.3) is 0 Å². The molecule has 0 heterocycles. The van der Waals surface area contributed by atoms with Crippen LogP contribution in [0.2, 0.25) is 0 Å². The zero-order valence-electron chi connectivity index (χ0n) is 7.38. The van der Waals surface area contributed by atoms with Gasteiger partial charge in [-0.05, 0) is 18.2 Å². The van der Waals surface area contributed by atoms with Crippen LogP contribution in [0.1, 0.15) is 11.7 Å². The highest BCUT2D eigenvalue weighted by Crippen LogP contribution is 2.33. The molecule has 1 N–H and O–H groups in total. The summed E-state index contributed by atoms with van der Waals surface area (Å²) in [6.07, 6.45) is -0.953. The van der Waals surface area contributed by atoms with Crippen molar-refractivity contribution in [1.29, 1.82) is 0 Å². The molecule has 0 saturated heterocycles. The van der Waals surface area contributed by atoms with Gasteiger partial charge in [-0.25, -0.2) is 0 Å². The molecule has 1 unspecified atom stereocenters. The topological polar surface area (TPSA) is 29.5 Å². The van der Waals surface area contributed by atoms with Crippen molar-refractivity contribution < 1.29 is 9.84 Å². The minimum absolute atomic E-state index is 0.562. The van der Waals surface area contributed by atoms with Crippen molar-refractivity contribution in [2.45, 2.75) is 10.9 Å². The summed E-state index contributed by atoms with van der Waals surface area (Å²) in [4.78, 5) is -0.877. The van der Waals surface area contributed by atoms with E-state index in [1.54, 1.807) is 12.1 Å². The van der Waals surface area contributed by atoms with Crippen LogP contribution in [-0.2, 0) is 0 Å². The highest BCUT2D eigenvalue weighted by Gasteiger charge is 2.19. The molecule has 1 aromatic rings. The standard InChI is InChI=1S/C9H9BrCl2O2/c1-14-7-3-2-5(10)4-6(7)8(13)9(11)12/h2-4,8-9,13H,1H3. The molecule has 5 heteroatoms. The van der Waals surface area contributed by atoms with E-state index in [0.29, 0.717) is 11.3 Å². The first-order chi connectivity index (χ1) is 6.56. The second-order valence-electron chi connectivity index (χ2n) is 2.67. The largest absolute Gasteiger partial charge is 0.496 e. The van der Waals surface area contributed by atoms with Crippen LogP contribution in [0.15, 0.2) is 22.7 Å². The van der Waals surface area contributed by atoms with Crippen molar-refractivity contribution in [2.75, 3.05) is 7.11 Å². The first kappa shape index (κ1) is 12.1. The highest BCUT2D eigenvalue weighted by atomic mass is 79.9. The Bertz CT molecular complexity index is 318. The quantitative estimate of drug-likeness (QED) is 0.868. The number of hydrogen-bond acceptors (Lipinski definition) is 2. The summed E-state index contributed by atoms with van der Waals surface area (Å²) >= 11 is 14.5. The van der Waals surface area contributed by atoms with Gasteiger partial charge in [-0.3, -0.25) is 0 Å². The molecule has 0 aliphatic rings. The molecule has 0 spiro atoms. The lowest BCUT2D eigenvalue weighted by Gasteiger charge is -2.15. The van der Waals surface area contributed by atoms with Gasteiger partial charge in [0.2, 0.25) is 0 Å². The smallest absolute Gasteiger partial charge is 0.137 e. The number of rotatable bonds is 3. The number of ether oxygens (including phenoxy) is 1. The SMILES string of the molecule is COc1ccc(Br)cc1C(O)C(Cl)Cl. The number of alkyl halides is 2. The lowest BCUT2D eigenvalue weighted by atomic mass is 10.1. The molecule has 0 aliphatic carbocycles. The first-order valence-corrected chi connectivity index (χ1v) is 5.52. The zero-order valence-corrected chi connectivity index (χ0v) is 10.5. The van der Waals surface area contributed by atoms with Gasteiger partial charge in [0.1, 0.15) is 16.7 Å². The van der Waals surface area contributed by atoms with Gasteiger partial charge >= 0.3 is 0 Å². The molecule has 1 atom stereocenters. The van der Waals surface area contributed by atoms with Crippen molar-refractivity contribution in [3.8, 4) is 5.75 Å². The number of aliphatic hydroxyl groups excluding tert-OH is 1. The molecule has 14 heavy (non-hydrogen) atoms. The monoisotopic (exact) mass is 298 g/mol. The third kappa shape index (κ3) is 2.76. The minimum atomic E-state index is -0.953. The van der Waals surface area contributed by atoms with E-state index in [2.05, 4.69) is 15.9 Å². The molecule has 0 fully saturated rings. The van der Waals surface area contributed by atoms with Gasteiger partial charge in [0.05, 0.1) is 7.11 Å². The molecule has 0 bridgehead atoms. The molecule has 0 aliphatic heterocycles. The normalized spacial score (nSPS) is 13.0. The Morgan fingerprint density at radius 1 is 1.43 bits per heavy atom. The van der Waals surface area contributed by atoms with Gasteiger partial charge < -0.3 is 9.84 Å². The molecule has 0 amide bonds. The van der Waals surface area contributed by atoms with Crippen molar-refractivity contribution in [3.63, 3.8) is 0 Å². The summed E-state index contributed by atoms with van der Waals surface area (Å²) < 4.78 is 5.91. The van der Waals surface area contributed by atoms with Crippen LogP contribution in [0.4, 0.5) is 0 Å². The molecule has 2 nitrogen and oxygen atoms in total. The number of methoxy groups -OCH3 is 1. The molecule has 78 valence electrons. The van der Waals surface area contributed by atoms with Gasteiger partial charge in [0, 0.05) is 10.0 Å². The van der Waals surface area contributed by atoms with Crippen LogP contribution in [0, 0.1) is 0 Å². The predicted molar refractivity (Wildman–Crippen MR) is 61.1 cm³/mol. The van der Waals surface area contributed by atoms with Crippen LogP contribution < -0.4 is 4.74 Å². The lowest BCUT2D eigenvalue weighted by molar-refractivity contribution is 0.188. The Morgan fingerprint density at radius 3 is 2.57 bits per heavy atom. The van der Waals surface area contributed by atoms with E-state index >= 15 is 0 Å². The van der Waals surface area contributed by atoms with Crippen LogP contribution in [0.3, 0.4) is 0 Å². The summed E-state index contributed by atoms with van der Waals surface area (Å²) in [6, 6.07) is 5.27. The summed E-state index contributed by atoms with van der Waals surface area (Å²) in [5, 5.41) is 9.67. The first-order valence-electron chi connectivity index (χ1n) is 3.86. The Labute approximate surface area is 101 Å². The Hall–Kier alpha value is 0.0400. The molecule has 1 rings (SSSR count). The van der Waals surface area contributed by atoms with Crippen LogP contribution in [0.5, 0.6) is 5.75 Å². The average molecular weight is 300 g/mol. The fraction of sp³-hybridized carbons (Fsp3) is 0.333. The summed E-state index contributed by atoms with van der Waals surface area (Å²) in [5.74, 6) is 0.562. The predicted octanol–water partition coefficient (Wildman–Crippen LogP) is 3.29. The van der Waals surface area contributed by atoms with Crippen molar-refractivity contribution in [3.05, 3.63) is 28.2 Å². The van der Waals surface area contributed by atoms with Gasteiger partial charge in [-0.2, -0.15) is 0 Å². The number of halogens is 3. The van der Waals surface area contributed by atoms with Gasteiger partial charge in [-0.15, -0.1) is 23.2 Å². The van der Waals surface area contributed by atoms with Crippen LogP contribution in [0.25, 0.3) is 0 Å². The van der Waals surface area contributed by atoms with Crippen molar-refractivity contribution in [1.82, 2.24) is 0 Å². The Balaban J connectivity index is 3.10. The fourth-order valence-corrected chi connectivity index (χ4v) is 1.72.